The van der Waals surface area contributed by atoms with Gasteiger partial charge < -0.3 is 0 Å². The van der Waals surface area contributed by atoms with Gasteiger partial charge in [0.2, 0.25) is 0 Å². The summed E-state index contributed by atoms with van der Waals surface area (Å²) in [6.07, 6.45) is 9.23. The molecule has 18 heavy (non-hydrogen) atoms. The fraction of sp³-hybridized carbons (Fsp3) is 1.00. The lowest BCUT2D eigenvalue weighted by Gasteiger charge is -2.63. The molecule has 4 aliphatic rings. The first-order valence-electron chi connectivity index (χ1n) is 7.83. The fourth-order valence-corrected chi connectivity index (χ4v) is 8.25. The predicted octanol–water partition coefficient (Wildman–Crippen LogP) is 4.14. The Labute approximate surface area is 115 Å². The molecule has 104 valence electrons. The third kappa shape index (κ3) is 1.99. The Morgan fingerprint density at radius 3 is 2.61 bits per heavy atom. The van der Waals surface area contributed by atoms with Crippen LogP contribution in [0.3, 0.4) is 0 Å². The molecule has 0 N–H and O–H groups in total. The fourth-order valence-electron chi connectivity index (χ4n) is 5.98. The van der Waals surface area contributed by atoms with Crippen molar-refractivity contribution in [2.24, 2.45) is 22.7 Å². The Kier molecular flexibility index (Phi) is 3.16. The van der Waals surface area contributed by atoms with Crippen molar-refractivity contribution in [2.75, 3.05) is 5.75 Å². The lowest BCUT2D eigenvalue weighted by molar-refractivity contribution is -0.0867. The zero-order chi connectivity index (χ0) is 13.0. The van der Waals surface area contributed by atoms with Crippen molar-refractivity contribution in [1.29, 1.82) is 0 Å². The third-order valence-corrected chi connectivity index (χ3v) is 8.07. The molecule has 0 aromatic carbocycles. The van der Waals surface area contributed by atoms with Crippen LogP contribution >= 0.6 is 0 Å². The highest BCUT2D eigenvalue weighted by Crippen LogP contribution is 2.66. The van der Waals surface area contributed by atoms with Crippen LogP contribution in [0.2, 0.25) is 0 Å². The first-order chi connectivity index (χ1) is 8.46. The monoisotopic (exact) mass is 268 g/mol. The van der Waals surface area contributed by atoms with Crippen molar-refractivity contribution in [2.45, 2.75) is 71.0 Å². The summed E-state index contributed by atoms with van der Waals surface area (Å²) in [4.78, 5) is 0. The topological polar surface area (TPSA) is 17.1 Å². The summed E-state index contributed by atoms with van der Waals surface area (Å²) in [5.41, 5.74) is 0.990. The van der Waals surface area contributed by atoms with Gasteiger partial charge in [-0.2, -0.15) is 0 Å². The highest BCUT2D eigenvalue weighted by molar-refractivity contribution is 7.85. The van der Waals surface area contributed by atoms with Crippen LogP contribution in [0.4, 0.5) is 0 Å². The molecule has 4 fully saturated rings. The van der Waals surface area contributed by atoms with Crippen LogP contribution in [0.5, 0.6) is 0 Å². The summed E-state index contributed by atoms with van der Waals surface area (Å²) < 4.78 is 12.7. The van der Waals surface area contributed by atoms with Gasteiger partial charge in [0, 0.05) is 21.8 Å². The van der Waals surface area contributed by atoms with Gasteiger partial charge in [-0.05, 0) is 61.2 Å². The lowest BCUT2D eigenvalue weighted by Crippen LogP contribution is -2.59. The SMILES string of the molecule is CCCC[S@](=O)C1C2CC3CC(C)(C2)CC1(C)C3. The third-order valence-electron chi connectivity index (χ3n) is 5.86. The number of unbranched alkanes of at least 4 members (excludes halogenated alkanes) is 1. The van der Waals surface area contributed by atoms with Gasteiger partial charge in [0.1, 0.15) is 0 Å². The summed E-state index contributed by atoms with van der Waals surface area (Å²) in [7, 11) is -0.567. The van der Waals surface area contributed by atoms with E-state index in [-0.39, 0.29) is 0 Å². The average molecular weight is 268 g/mol. The smallest absolute Gasteiger partial charge is 0.0430 e. The molecular formula is C16H28OS. The lowest BCUT2D eigenvalue weighted by atomic mass is 9.45. The standard InChI is InChI=1S/C16H28OS/c1-4-5-6-18(17)14-13-7-12-8-15(2,10-13)11-16(14,3)9-12/h12-14H,4-11H2,1-3H3/t12?,13?,14?,15?,16?,18-/m0/s1. The van der Waals surface area contributed by atoms with E-state index in [4.69, 9.17) is 0 Å². The molecule has 6 atom stereocenters. The van der Waals surface area contributed by atoms with Crippen molar-refractivity contribution in [3.63, 3.8) is 0 Å². The van der Waals surface area contributed by atoms with Gasteiger partial charge in [-0.3, -0.25) is 4.21 Å². The second kappa shape index (κ2) is 4.33. The minimum absolute atomic E-state index is 0.400. The first kappa shape index (κ1) is 13.1. The molecule has 4 aliphatic carbocycles. The summed E-state index contributed by atoms with van der Waals surface area (Å²) in [5.74, 6) is 2.68. The van der Waals surface area contributed by atoms with Gasteiger partial charge in [0.25, 0.3) is 0 Å². The van der Waals surface area contributed by atoms with Crippen molar-refractivity contribution in [1.82, 2.24) is 0 Å². The Balaban J connectivity index is 1.82. The van der Waals surface area contributed by atoms with Crippen LogP contribution in [0.15, 0.2) is 0 Å². The maximum Gasteiger partial charge on any atom is 0.0430 e. The molecule has 4 saturated carbocycles. The maximum absolute atomic E-state index is 12.7. The number of hydrogen-bond acceptors (Lipinski definition) is 1. The molecule has 0 saturated heterocycles. The van der Waals surface area contributed by atoms with Gasteiger partial charge in [0.05, 0.1) is 0 Å². The minimum atomic E-state index is -0.567. The van der Waals surface area contributed by atoms with Gasteiger partial charge >= 0.3 is 0 Å². The summed E-state index contributed by atoms with van der Waals surface area (Å²) >= 11 is 0. The van der Waals surface area contributed by atoms with E-state index in [0.717, 1.165) is 24.0 Å². The predicted molar refractivity (Wildman–Crippen MR) is 78.0 cm³/mol. The van der Waals surface area contributed by atoms with Crippen molar-refractivity contribution < 1.29 is 4.21 Å². The Morgan fingerprint density at radius 2 is 2.00 bits per heavy atom. The van der Waals surface area contributed by atoms with Crippen molar-refractivity contribution in [3.05, 3.63) is 0 Å². The summed E-state index contributed by atoms with van der Waals surface area (Å²) in [6.45, 7) is 7.16. The van der Waals surface area contributed by atoms with E-state index in [1.165, 1.54) is 38.5 Å². The van der Waals surface area contributed by atoms with E-state index < -0.39 is 10.8 Å². The molecule has 0 aromatic rings. The largest absolute Gasteiger partial charge is 0.259 e. The van der Waals surface area contributed by atoms with Crippen LogP contribution in [-0.4, -0.2) is 15.2 Å². The van der Waals surface area contributed by atoms with E-state index in [1.807, 2.05) is 0 Å². The van der Waals surface area contributed by atoms with Gasteiger partial charge in [-0.15, -0.1) is 0 Å². The highest BCUT2D eigenvalue weighted by atomic mass is 32.2. The molecule has 5 unspecified atom stereocenters. The quantitative estimate of drug-likeness (QED) is 0.749. The van der Waals surface area contributed by atoms with Crippen molar-refractivity contribution in [3.8, 4) is 0 Å². The molecule has 4 rings (SSSR count). The number of rotatable bonds is 4. The second-order valence-corrected chi connectivity index (χ2v) is 9.65. The van der Waals surface area contributed by atoms with E-state index in [9.17, 15) is 4.21 Å². The highest BCUT2D eigenvalue weighted by Gasteiger charge is 2.60. The molecule has 0 spiro atoms. The zero-order valence-electron chi connectivity index (χ0n) is 12.2. The maximum atomic E-state index is 12.7. The van der Waals surface area contributed by atoms with E-state index in [2.05, 4.69) is 20.8 Å². The van der Waals surface area contributed by atoms with Crippen molar-refractivity contribution >= 4 is 10.8 Å². The Hall–Kier alpha value is 0.150. The Morgan fingerprint density at radius 1 is 1.22 bits per heavy atom. The molecular weight excluding hydrogens is 240 g/mol. The molecule has 0 heterocycles. The summed E-state index contributed by atoms with van der Waals surface area (Å²) in [5, 5.41) is 0.522. The van der Waals surface area contributed by atoms with Crippen LogP contribution in [-0.2, 0) is 10.8 Å². The van der Waals surface area contributed by atoms with Crippen LogP contribution < -0.4 is 0 Å². The van der Waals surface area contributed by atoms with Crippen LogP contribution in [0, 0.1) is 22.7 Å². The molecule has 0 aliphatic heterocycles. The Bertz CT molecular complexity index is 366. The van der Waals surface area contributed by atoms with Gasteiger partial charge in [-0.25, -0.2) is 0 Å². The number of hydrogen-bond donors (Lipinski definition) is 0. The average Bonchev–Trinajstić information content (AvgIpc) is 2.21. The van der Waals surface area contributed by atoms with Gasteiger partial charge in [0.15, 0.2) is 0 Å². The zero-order valence-corrected chi connectivity index (χ0v) is 13.0. The molecule has 0 amide bonds. The second-order valence-electron chi connectivity index (χ2n) is 7.97. The molecule has 4 bridgehead atoms. The molecule has 1 nitrogen and oxygen atoms in total. The summed E-state index contributed by atoms with van der Waals surface area (Å²) in [6, 6.07) is 0. The van der Waals surface area contributed by atoms with E-state index >= 15 is 0 Å². The minimum Gasteiger partial charge on any atom is -0.259 e. The molecule has 0 radical (unpaired) electrons. The van der Waals surface area contributed by atoms with Crippen LogP contribution in [0.1, 0.15) is 65.7 Å². The normalized spacial score (nSPS) is 51.6. The van der Waals surface area contributed by atoms with Crippen LogP contribution in [0.25, 0.3) is 0 Å². The molecule has 2 heteroatoms. The van der Waals surface area contributed by atoms with E-state index in [0.29, 0.717) is 16.1 Å². The molecule has 0 aromatic heterocycles. The first-order valence-corrected chi connectivity index (χ1v) is 9.21. The van der Waals surface area contributed by atoms with Gasteiger partial charge in [-0.1, -0.05) is 27.2 Å². The van der Waals surface area contributed by atoms with E-state index in [1.54, 1.807) is 0 Å².